The Kier molecular flexibility index (Phi) is 4.91. The summed E-state index contributed by atoms with van der Waals surface area (Å²) in [6, 6.07) is 7.54. The molecule has 0 unspecified atom stereocenters. The molecule has 0 amide bonds. The third kappa shape index (κ3) is 3.15. The molecule has 0 fully saturated rings. The van der Waals surface area contributed by atoms with Crippen LogP contribution in [0.15, 0.2) is 38.7 Å². The van der Waals surface area contributed by atoms with E-state index in [4.69, 9.17) is 14.2 Å². The van der Waals surface area contributed by atoms with Crippen LogP contribution in [0.2, 0.25) is 0 Å². The van der Waals surface area contributed by atoms with Gasteiger partial charge in [-0.05, 0) is 62.9 Å². The maximum Gasteiger partial charge on any atom is 0.267 e. The molecule has 6 nitrogen and oxygen atoms in total. The lowest BCUT2D eigenvalue weighted by atomic mass is 10.2. The van der Waals surface area contributed by atoms with Crippen molar-refractivity contribution in [3.8, 4) is 11.4 Å². The van der Waals surface area contributed by atoms with Crippen molar-refractivity contribution in [2.75, 3.05) is 7.11 Å². The van der Waals surface area contributed by atoms with Crippen LogP contribution in [0.1, 0.15) is 33.9 Å². The van der Waals surface area contributed by atoms with Gasteiger partial charge in [0, 0.05) is 16.2 Å². The average molecular weight is 440 g/mol. The highest BCUT2D eigenvalue weighted by Crippen LogP contribution is 2.36. The van der Waals surface area contributed by atoms with Gasteiger partial charge in [0.2, 0.25) is 0 Å². The molecule has 30 heavy (non-hydrogen) atoms. The summed E-state index contributed by atoms with van der Waals surface area (Å²) in [4.78, 5) is 20.8. The van der Waals surface area contributed by atoms with Crippen LogP contribution >= 0.6 is 23.1 Å². The zero-order chi connectivity index (χ0) is 20.8. The molecule has 0 radical (unpaired) electrons. The zero-order valence-corrected chi connectivity index (χ0v) is 18.7. The van der Waals surface area contributed by atoms with Gasteiger partial charge in [-0.1, -0.05) is 16.9 Å². The molecule has 154 valence electrons. The number of hydrogen-bond acceptors (Lipinski definition) is 7. The minimum atomic E-state index is 0.00540. The summed E-state index contributed by atoms with van der Waals surface area (Å²) >= 11 is 3.20. The van der Waals surface area contributed by atoms with Gasteiger partial charge in [0.25, 0.3) is 5.56 Å². The Bertz CT molecular complexity index is 1280. The number of methoxy groups -OCH3 is 1. The molecule has 0 atom stereocenters. The van der Waals surface area contributed by atoms with Crippen molar-refractivity contribution in [3.63, 3.8) is 0 Å². The molecule has 1 aliphatic carbocycles. The molecule has 3 aromatic heterocycles. The van der Waals surface area contributed by atoms with Gasteiger partial charge in [-0.2, -0.15) is 0 Å². The Balaban J connectivity index is 1.66. The second-order valence-corrected chi connectivity index (χ2v) is 9.39. The third-order valence-electron chi connectivity index (χ3n) is 5.57. The monoisotopic (exact) mass is 439 g/mol. The zero-order valence-electron chi connectivity index (χ0n) is 17.0. The lowest BCUT2D eigenvalue weighted by molar-refractivity contribution is 0.392. The van der Waals surface area contributed by atoms with Gasteiger partial charge in [-0.15, -0.1) is 11.3 Å². The van der Waals surface area contributed by atoms with E-state index >= 15 is 0 Å². The second-order valence-electron chi connectivity index (χ2n) is 7.36. The summed E-state index contributed by atoms with van der Waals surface area (Å²) in [6.07, 6.45) is 3.11. The molecule has 3 heterocycles. The van der Waals surface area contributed by atoms with Crippen LogP contribution in [0.5, 0.6) is 5.75 Å². The van der Waals surface area contributed by atoms with E-state index in [-0.39, 0.29) is 5.56 Å². The van der Waals surface area contributed by atoms with E-state index in [1.165, 1.54) is 22.2 Å². The Labute approximate surface area is 181 Å². The predicted octanol–water partition coefficient (Wildman–Crippen LogP) is 4.84. The maximum atomic E-state index is 13.7. The number of rotatable bonds is 5. The van der Waals surface area contributed by atoms with E-state index in [1.807, 2.05) is 38.1 Å². The largest absolute Gasteiger partial charge is 0.497 e. The standard InChI is InChI=1S/C22H21N3O3S2/c1-12-17(13(2)28-24-12)11-29-22-23-20-19(16-5-4-6-18(16)30-20)21(26)25(22)14-7-9-15(27-3)10-8-14/h7-10H,4-6,11H2,1-3H3. The van der Waals surface area contributed by atoms with Gasteiger partial charge in [0.05, 0.1) is 23.9 Å². The van der Waals surface area contributed by atoms with Crippen LogP contribution in [0.3, 0.4) is 0 Å². The smallest absolute Gasteiger partial charge is 0.267 e. The maximum absolute atomic E-state index is 13.7. The highest BCUT2D eigenvalue weighted by molar-refractivity contribution is 7.98. The lowest BCUT2D eigenvalue weighted by Crippen LogP contribution is -2.21. The number of fused-ring (bicyclic) bond motifs is 3. The highest BCUT2D eigenvalue weighted by atomic mass is 32.2. The number of thiophene rings is 1. The van der Waals surface area contributed by atoms with Crippen molar-refractivity contribution in [1.82, 2.24) is 14.7 Å². The van der Waals surface area contributed by atoms with Crippen molar-refractivity contribution in [2.24, 2.45) is 0 Å². The molecule has 5 rings (SSSR count). The van der Waals surface area contributed by atoms with Crippen molar-refractivity contribution in [3.05, 3.63) is 62.1 Å². The summed E-state index contributed by atoms with van der Waals surface area (Å²) in [7, 11) is 1.63. The van der Waals surface area contributed by atoms with Crippen LogP contribution in [-0.2, 0) is 18.6 Å². The average Bonchev–Trinajstić information content (AvgIpc) is 3.42. The summed E-state index contributed by atoms with van der Waals surface area (Å²) in [5, 5.41) is 5.50. The first kappa shape index (κ1) is 19.4. The molecule has 8 heteroatoms. The minimum absolute atomic E-state index is 0.00540. The molecule has 0 spiro atoms. The molecule has 0 aliphatic heterocycles. The molecular weight excluding hydrogens is 418 g/mol. The fraction of sp³-hybridized carbons (Fsp3) is 0.318. The summed E-state index contributed by atoms with van der Waals surface area (Å²) in [6.45, 7) is 3.84. The van der Waals surface area contributed by atoms with Crippen molar-refractivity contribution in [2.45, 2.75) is 44.0 Å². The molecule has 4 aromatic rings. The normalized spacial score (nSPS) is 13.2. The van der Waals surface area contributed by atoms with Crippen LogP contribution in [0.25, 0.3) is 15.9 Å². The number of hydrogen-bond donors (Lipinski definition) is 0. The van der Waals surface area contributed by atoms with E-state index in [9.17, 15) is 4.79 Å². The number of aromatic nitrogens is 3. The van der Waals surface area contributed by atoms with Crippen LogP contribution in [0.4, 0.5) is 0 Å². The van der Waals surface area contributed by atoms with Crippen molar-refractivity contribution in [1.29, 1.82) is 0 Å². The van der Waals surface area contributed by atoms with Gasteiger partial charge < -0.3 is 9.26 Å². The van der Waals surface area contributed by atoms with E-state index in [0.717, 1.165) is 57.9 Å². The third-order valence-corrected chi connectivity index (χ3v) is 7.72. The predicted molar refractivity (Wildman–Crippen MR) is 119 cm³/mol. The van der Waals surface area contributed by atoms with Crippen LogP contribution in [0, 0.1) is 13.8 Å². The quantitative estimate of drug-likeness (QED) is 0.327. The van der Waals surface area contributed by atoms with Crippen molar-refractivity contribution >= 4 is 33.3 Å². The van der Waals surface area contributed by atoms with Gasteiger partial charge in [0.15, 0.2) is 5.16 Å². The first-order valence-corrected chi connectivity index (χ1v) is 11.6. The topological polar surface area (TPSA) is 70.2 Å². The number of thioether (sulfide) groups is 1. The van der Waals surface area contributed by atoms with E-state index in [2.05, 4.69) is 5.16 Å². The van der Waals surface area contributed by atoms with E-state index in [0.29, 0.717) is 10.9 Å². The van der Waals surface area contributed by atoms with Gasteiger partial charge in [-0.25, -0.2) is 4.98 Å². The lowest BCUT2D eigenvalue weighted by Gasteiger charge is -2.13. The molecule has 0 saturated heterocycles. The number of aryl methyl sites for hydroxylation is 4. The Morgan fingerprint density at radius 3 is 2.73 bits per heavy atom. The minimum Gasteiger partial charge on any atom is -0.497 e. The number of nitrogens with zero attached hydrogens (tertiary/aromatic N) is 3. The fourth-order valence-corrected chi connectivity index (χ4v) is 6.39. The van der Waals surface area contributed by atoms with Gasteiger partial charge in [0.1, 0.15) is 16.3 Å². The van der Waals surface area contributed by atoms with Gasteiger partial charge in [-0.3, -0.25) is 9.36 Å². The molecule has 0 saturated carbocycles. The van der Waals surface area contributed by atoms with E-state index < -0.39 is 0 Å². The fourth-order valence-electron chi connectivity index (χ4n) is 3.93. The number of benzene rings is 1. The number of ether oxygens (including phenoxy) is 1. The highest BCUT2D eigenvalue weighted by Gasteiger charge is 2.24. The molecule has 0 N–H and O–H groups in total. The summed E-state index contributed by atoms with van der Waals surface area (Å²) in [5.74, 6) is 2.19. The molecule has 1 aromatic carbocycles. The first-order valence-electron chi connectivity index (χ1n) is 9.83. The summed E-state index contributed by atoms with van der Waals surface area (Å²) < 4.78 is 12.3. The van der Waals surface area contributed by atoms with Crippen molar-refractivity contribution < 1.29 is 9.26 Å². The van der Waals surface area contributed by atoms with Crippen LogP contribution < -0.4 is 10.3 Å². The van der Waals surface area contributed by atoms with Gasteiger partial charge >= 0.3 is 0 Å². The molecular formula is C22H21N3O3S2. The first-order chi connectivity index (χ1) is 14.6. The molecule has 0 bridgehead atoms. The SMILES string of the molecule is COc1ccc(-n2c(SCc3c(C)noc3C)nc3sc4c(c3c2=O)CCC4)cc1. The van der Waals surface area contributed by atoms with Crippen LogP contribution in [-0.4, -0.2) is 21.8 Å². The summed E-state index contributed by atoms with van der Waals surface area (Å²) in [5.41, 5.74) is 3.90. The Morgan fingerprint density at radius 1 is 1.23 bits per heavy atom. The molecule has 1 aliphatic rings. The Morgan fingerprint density at radius 2 is 2.03 bits per heavy atom. The Hall–Kier alpha value is -2.58. The second kappa shape index (κ2) is 7.59. The van der Waals surface area contributed by atoms with E-state index in [1.54, 1.807) is 23.0 Å².